The van der Waals surface area contributed by atoms with E-state index < -0.39 is 41.9 Å². The number of tetrazole rings is 1. The molecule has 1 amide bonds. The van der Waals surface area contributed by atoms with Gasteiger partial charge in [0, 0.05) is 29.3 Å². The third-order valence-corrected chi connectivity index (χ3v) is 7.05. The van der Waals surface area contributed by atoms with Crippen LogP contribution in [-0.2, 0) is 11.4 Å². The second-order valence-electron chi connectivity index (χ2n) is 8.84. The van der Waals surface area contributed by atoms with Crippen LogP contribution in [0.3, 0.4) is 0 Å². The molecular formula is C24H19ClF2N8O3. The number of nitrogens with zero attached hydrogens (tertiary/aromatic N) is 7. The third-order valence-electron chi connectivity index (χ3n) is 6.76. The Morgan fingerprint density at radius 3 is 2.89 bits per heavy atom. The number of rotatable bonds is 5. The number of hydrogen-bond donors (Lipinski definition) is 2. The minimum Gasteiger partial charge on any atom is -0.618 e. The Balaban J connectivity index is 1.36. The molecule has 6 rings (SSSR count). The number of halogens is 3. The van der Waals surface area contributed by atoms with Crippen molar-refractivity contribution in [1.82, 2.24) is 35.1 Å². The molecule has 14 heteroatoms. The monoisotopic (exact) mass is 541 g/mol. The smallest absolute Gasteiger partial charge is 0.254 e. The van der Waals surface area contributed by atoms with Gasteiger partial charge in [0.25, 0.3) is 5.69 Å². The molecule has 1 saturated heterocycles. The second kappa shape index (κ2) is 9.26. The quantitative estimate of drug-likeness (QED) is 0.292. The van der Waals surface area contributed by atoms with E-state index in [0.717, 1.165) is 6.20 Å². The number of benzene rings is 1. The number of aliphatic hydroxyl groups is 1. The van der Waals surface area contributed by atoms with Crippen LogP contribution in [0.1, 0.15) is 43.8 Å². The number of carbonyl (C=O) groups excluding carboxylic acids is 1. The van der Waals surface area contributed by atoms with Gasteiger partial charge in [0.2, 0.25) is 11.7 Å². The van der Waals surface area contributed by atoms with Crippen molar-refractivity contribution in [2.24, 2.45) is 0 Å². The van der Waals surface area contributed by atoms with E-state index in [0.29, 0.717) is 12.2 Å². The maximum atomic E-state index is 15.3. The van der Waals surface area contributed by atoms with Crippen molar-refractivity contribution < 1.29 is 24.8 Å². The van der Waals surface area contributed by atoms with Crippen molar-refractivity contribution in [3.05, 3.63) is 81.9 Å². The molecular weight excluding hydrogens is 522 g/mol. The van der Waals surface area contributed by atoms with E-state index in [9.17, 15) is 20.9 Å². The molecule has 0 aliphatic carbocycles. The van der Waals surface area contributed by atoms with Crippen LogP contribution < -0.4 is 4.73 Å². The number of aromatic amines is 1. The number of pyridine rings is 1. The molecule has 0 unspecified atom stereocenters. The first-order chi connectivity index (χ1) is 18.7. The molecule has 1 fully saturated rings. The van der Waals surface area contributed by atoms with Crippen molar-refractivity contribution in [1.29, 1.82) is 0 Å². The number of aliphatic hydroxyl groups excluding tert-OH is 1. The molecule has 0 saturated carbocycles. The molecule has 194 valence electrons. The average molecular weight is 542 g/mol. The van der Waals surface area contributed by atoms with E-state index in [-0.39, 0.29) is 50.7 Å². The van der Waals surface area contributed by atoms with Gasteiger partial charge in [0.15, 0.2) is 12.0 Å². The highest BCUT2D eigenvalue weighted by molar-refractivity contribution is 6.31. The van der Waals surface area contributed by atoms with Crippen molar-refractivity contribution in [2.75, 3.05) is 0 Å². The Labute approximate surface area is 220 Å². The summed E-state index contributed by atoms with van der Waals surface area (Å²) in [5, 5.41) is 31.9. The Morgan fingerprint density at radius 1 is 1.29 bits per heavy atom. The molecule has 0 radical (unpaired) electrons. The average Bonchev–Trinajstić information content (AvgIpc) is 3.66. The molecule has 5 heterocycles. The summed E-state index contributed by atoms with van der Waals surface area (Å²) < 4.78 is 40.8. The lowest BCUT2D eigenvalue weighted by Crippen LogP contribution is -2.39. The van der Waals surface area contributed by atoms with Gasteiger partial charge in [-0.05, 0) is 47.4 Å². The van der Waals surface area contributed by atoms with Crippen molar-refractivity contribution >= 4 is 23.1 Å². The zero-order chi connectivity index (χ0) is 27.5. The SMILES string of the molecule is [2H][C@]12CC[C@@H](c3ncc(-c4cc[n+]([O-])c(CO)c4F)[nH]3)N1C(=O)C=C(c1c(-n3cnnn3)ccc(Cl)c1F)C2. The Bertz CT molecular complexity index is 1650. The van der Waals surface area contributed by atoms with Crippen LogP contribution in [0.15, 0.2) is 43.0 Å². The van der Waals surface area contributed by atoms with Crippen molar-refractivity contribution in [3.8, 4) is 16.9 Å². The number of hydrogen-bond acceptors (Lipinski definition) is 7. The number of imidazole rings is 1. The Kier molecular flexibility index (Phi) is 5.59. The van der Waals surface area contributed by atoms with Crippen LogP contribution in [0.4, 0.5) is 8.78 Å². The number of H-pyrrole nitrogens is 1. The predicted octanol–water partition coefficient (Wildman–Crippen LogP) is 2.63. The first kappa shape index (κ1) is 22.9. The fraction of sp³-hybridized carbons (Fsp3) is 0.250. The summed E-state index contributed by atoms with van der Waals surface area (Å²) in [4.78, 5) is 22.2. The molecule has 38 heavy (non-hydrogen) atoms. The van der Waals surface area contributed by atoms with Crippen LogP contribution in [0.25, 0.3) is 22.5 Å². The number of aromatic nitrogens is 7. The van der Waals surface area contributed by atoms with Gasteiger partial charge in [0.1, 0.15) is 18.8 Å². The van der Waals surface area contributed by atoms with Gasteiger partial charge in [-0.15, -0.1) is 5.10 Å². The van der Waals surface area contributed by atoms with E-state index in [1.165, 1.54) is 46.4 Å². The topological polar surface area (TPSA) is 140 Å². The fourth-order valence-corrected chi connectivity index (χ4v) is 5.18. The molecule has 2 aliphatic heterocycles. The molecule has 2 aliphatic rings. The van der Waals surface area contributed by atoms with Crippen LogP contribution in [-0.4, -0.2) is 52.1 Å². The Morgan fingerprint density at radius 2 is 2.13 bits per heavy atom. The van der Waals surface area contributed by atoms with Crippen LogP contribution in [0.2, 0.25) is 5.02 Å². The fourth-order valence-electron chi connectivity index (χ4n) is 5.02. The van der Waals surface area contributed by atoms with Crippen LogP contribution in [0.5, 0.6) is 0 Å². The highest BCUT2D eigenvalue weighted by atomic mass is 35.5. The van der Waals surface area contributed by atoms with Crippen LogP contribution >= 0.6 is 11.6 Å². The minimum absolute atomic E-state index is 0.00582. The van der Waals surface area contributed by atoms with Gasteiger partial charge in [-0.3, -0.25) is 4.79 Å². The normalized spacial score (nSPS) is 21.4. The largest absolute Gasteiger partial charge is 0.618 e. The van der Waals surface area contributed by atoms with Crippen molar-refractivity contribution in [2.45, 2.75) is 37.9 Å². The minimum atomic E-state index is -1.42. The predicted molar refractivity (Wildman–Crippen MR) is 128 cm³/mol. The third kappa shape index (κ3) is 3.82. The summed E-state index contributed by atoms with van der Waals surface area (Å²) in [6.45, 7) is -0.784. The van der Waals surface area contributed by atoms with E-state index in [4.69, 9.17) is 11.6 Å². The van der Waals surface area contributed by atoms with Gasteiger partial charge in [-0.2, -0.15) is 13.8 Å². The lowest BCUT2D eigenvalue weighted by molar-refractivity contribution is -0.618. The van der Waals surface area contributed by atoms with Gasteiger partial charge in [-0.1, -0.05) is 11.6 Å². The van der Waals surface area contributed by atoms with E-state index in [1.807, 2.05) is 0 Å². The van der Waals surface area contributed by atoms with E-state index in [2.05, 4.69) is 25.5 Å². The number of amides is 1. The van der Waals surface area contributed by atoms with Crippen LogP contribution in [0, 0.1) is 16.8 Å². The molecule has 2 atom stereocenters. The maximum Gasteiger partial charge on any atom is 0.254 e. The number of nitrogens with one attached hydrogen (secondary N) is 1. The molecule has 0 spiro atoms. The first-order valence-electron chi connectivity index (χ1n) is 12.0. The summed E-state index contributed by atoms with van der Waals surface area (Å²) in [6.07, 6.45) is 5.65. The summed E-state index contributed by atoms with van der Waals surface area (Å²) in [6, 6.07) is 2.11. The Hall–Kier alpha value is -4.23. The van der Waals surface area contributed by atoms with Crippen molar-refractivity contribution in [3.63, 3.8) is 0 Å². The van der Waals surface area contributed by atoms with Gasteiger partial charge in [-0.25, -0.2) is 9.37 Å². The highest BCUT2D eigenvalue weighted by Gasteiger charge is 2.42. The summed E-state index contributed by atoms with van der Waals surface area (Å²) >= 11 is 6.07. The number of fused-ring (bicyclic) bond motifs is 1. The highest BCUT2D eigenvalue weighted by Crippen LogP contribution is 2.44. The lowest BCUT2D eigenvalue weighted by Gasteiger charge is -2.33. The summed E-state index contributed by atoms with van der Waals surface area (Å²) in [5.41, 5.74) is 0.425. The van der Waals surface area contributed by atoms with E-state index >= 15 is 4.39 Å². The molecule has 0 bridgehead atoms. The molecule has 1 aromatic carbocycles. The molecule has 3 aromatic heterocycles. The molecule has 11 nitrogen and oxygen atoms in total. The van der Waals surface area contributed by atoms with Gasteiger partial charge < -0.3 is 20.2 Å². The zero-order valence-electron chi connectivity index (χ0n) is 20.5. The summed E-state index contributed by atoms with van der Waals surface area (Å²) in [5.74, 6) is -1.83. The van der Waals surface area contributed by atoms with E-state index in [1.54, 1.807) is 0 Å². The standard InChI is InChI=1S/C24H19ClF2N8O3/c25-15-2-4-17(33-11-29-31-32-33)21(23(15)27)12-7-13-1-3-18(35(13)20(37)8-12)24-28-9-16(30-24)14-5-6-34(38)19(10-36)22(14)26/h2,4-6,8-9,11,13,18,36H,1,3,7,10H2,(H,28,30)/t13-,18+/m1/s1/i13D. The maximum absolute atomic E-state index is 15.3. The molecule has 2 N–H and O–H groups in total. The zero-order valence-corrected chi connectivity index (χ0v) is 20.2. The van der Waals surface area contributed by atoms with Gasteiger partial charge >= 0.3 is 0 Å². The number of carbonyl (C=O) groups is 1. The van der Waals surface area contributed by atoms with Gasteiger partial charge in [0.05, 0.1) is 30.0 Å². The first-order valence-corrected chi connectivity index (χ1v) is 11.9. The molecule has 4 aromatic rings. The summed E-state index contributed by atoms with van der Waals surface area (Å²) in [7, 11) is 0. The second-order valence-corrected chi connectivity index (χ2v) is 9.25. The lowest BCUT2D eigenvalue weighted by atomic mass is 9.92.